The molecule has 25 heavy (non-hydrogen) atoms. The fraction of sp³-hybridized carbons (Fsp3) is 0.412. The Morgan fingerprint density at radius 3 is 2.60 bits per heavy atom. The standard InChI is InChI=1S/C17H18F3N3O2/c1-16(2,25)9-14(24)22-15-21-12-7-6-10(17(18,19)20)8-13(12)23(15)11-4-3-5-11/h3-4,6-8,11,25H,5,9H2,1-2H3,(H,21,22,24). The number of fused-ring (bicyclic) bond motifs is 1. The van der Waals surface area contributed by atoms with Crippen LogP contribution in [0, 0.1) is 0 Å². The van der Waals surface area contributed by atoms with Crippen molar-refractivity contribution in [1.29, 1.82) is 0 Å². The number of allylic oxidation sites excluding steroid dienone is 2. The molecule has 0 aliphatic heterocycles. The van der Waals surface area contributed by atoms with E-state index < -0.39 is 23.2 Å². The molecule has 2 N–H and O–H groups in total. The van der Waals surface area contributed by atoms with Crippen LogP contribution in [0.5, 0.6) is 0 Å². The number of aromatic nitrogens is 2. The fourth-order valence-corrected chi connectivity index (χ4v) is 2.70. The zero-order chi connectivity index (χ0) is 18.4. The average molecular weight is 353 g/mol. The van der Waals surface area contributed by atoms with Gasteiger partial charge in [-0.25, -0.2) is 4.98 Å². The van der Waals surface area contributed by atoms with Crippen LogP contribution in [0.4, 0.5) is 19.1 Å². The first kappa shape index (κ1) is 17.5. The number of alkyl halides is 3. The van der Waals surface area contributed by atoms with Crippen molar-refractivity contribution >= 4 is 22.9 Å². The quantitative estimate of drug-likeness (QED) is 0.825. The van der Waals surface area contributed by atoms with Gasteiger partial charge in [0, 0.05) is 0 Å². The molecule has 0 saturated carbocycles. The first-order valence-electron chi connectivity index (χ1n) is 7.83. The van der Waals surface area contributed by atoms with Gasteiger partial charge in [-0.15, -0.1) is 0 Å². The molecule has 3 rings (SSSR count). The lowest BCUT2D eigenvalue weighted by Crippen LogP contribution is -2.28. The van der Waals surface area contributed by atoms with Crippen LogP contribution in [-0.2, 0) is 11.0 Å². The summed E-state index contributed by atoms with van der Waals surface area (Å²) in [5.74, 6) is -0.277. The molecule has 1 amide bonds. The minimum Gasteiger partial charge on any atom is -0.390 e. The van der Waals surface area contributed by atoms with Gasteiger partial charge in [-0.3, -0.25) is 10.1 Å². The third-order valence-electron chi connectivity index (χ3n) is 3.93. The van der Waals surface area contributed by atoms with Gasteiger partial charge in [0.15, 0.2) is 0 Å². The van der Waals surface area contributed by atoms with Crippen LogP contribution in [0.25, 0.3) is 11.0 Å². The number of amides is 1. The van der Waals surface area contributed by atoms with E-state index >= 15 is 0 Å². The Bertz CT molecular complexity index is 847. The zero-order valence-electron chi connectivity index (χ0n) is 13.8. The van der Waals surface area contributed by atoms with Crippen LogP contribution >= 0.6 is 0 Å². The second-order valence-corrected chi connectivity index (χ2v) is 6.78. The highest BCUT2D eigenvalue weighted by Gasteiger charge is 2.32. The normalized spacial score (nSPS) is 17.6. The predicted octanol–water partition coefficient (Wildman–Crippen LogP) is 3.66. The molecule has 0 saturated heterocycles. The van der Waals surface area contributed by atoms with Gasteiger partial charge in [0.25, 0.3) is 0 Å². The average Bonchev–Trinajstić information content (AvgIpc) is 2.71. The van der Waals surface area contributed by atoms with Crippen molar-refractivity contribution in [3.8, 4) is 0 Å². The Balaban J connectivity index is 2.03. The monoisotopic (exact) mass is 353 g/mol. The third kappa shape index (κ3) is 3.68. The Labute approximate surface area is 142 Å². The van der Waals surface area contributed by atoms with Crippen LogP contribution in [0.3, 0.4) is 0 Å². The molecule has 1 aliphatic rings. The van der Waals surface area contributed by atoms with Gasteiger partial charge in [0.2, 0.25) is 11.9 Å². The lowest BCUT2D eigenvalue weighted by molar-refractivity contribution is -0.137. The molecule has 8 heteroatoms. The second-order valence-electron chi connectivity index (χ2n) is 6.78. The van der Waals surface area contributed by atoms with E-state index in [-0.39, 0.29) is 18.4 Å². The molecule has 1 unspecified atom stereocenters. The van der Waals surface area contributed by atoms with Crippen molar-refractivity contribution < 1.29 is 23.1 Å². The summed E-state index contributed by atoms with van der Waals surface area (Å²) in [5.41, 5.74) is -1.28. The van der Waals surface area contributed by atoms with Crippen molar-refractivity contribution in [3.05, 3.63) is 35.9 Å². The summed E-state index contributed by atoms with van der Waals surface area (Å²) in [6, 6.07) is 3.15. The van der Waals surface area contributed by atoms with Gasteiger partial charge in [-0.2, -0.15) is 13.2 Å². The molecule has 5 nitrogen and oxygen atoms in total. The third-order valence-corrected chi connectivity index (χ3v) is 3.93. The summed E-state index contributed by atoms with van der Waals surface area (Å²) < 4.78 is 40.6. The number of nitrogens with zero attached hydrogens (tertiary/aromatic N) is 2. The highest BCUT2D eigenvalue weighted by molar-refractivity contribution is 5.92. The number of benzene rings is 1. The molecule has 1 aromatic heterocycles. The maximum atomic E-state index is 13.0. The van der Waals surface area contributed by atoms with Crippen molar-refractivity contribution in [2.45, 2.75) is 44.5 Å². The highest BCUT2D eigenvalue weighted by atomic mass is 19.4. The van der Waals surface area contributed by atoms with E-state index in [0.29, 0.717) is 17.5 Å². The van der Waals surface area contributed by atoms with E-state index in [2.05, 4.69) is 10.3 Å². The van der Waals surface area contributed by atoms with Crippen LogP contribution in [0.15, 0.2) is 30.4 Å². The summed E-state index contributed by atoms with van der Waals surface area (Å²) in [4.78, 5) is 16.3. The minimum absolute atomic E-state index is 0.148. The van der Waals surface area contributed by atoms with Crippen molar-refractivity contribution in [2.24, 2.45) is 0 Å². The number of carbonyl (C=O) groups is 1. The minimum atomic E-state index is -4.46. The first-order valence-corrected chi connectivity index (χ1v) is 7.83. The smallest absolute Gasteiger partial charge is 0.390 e. The van der Waals surface area contributed by atoms with E-state index in [0.717, 1.165) is 12.1 Å². The van der Waals surface area contributed by atoms with E-state index in [1.807, 2.05) is 12.2 Å². The summed E-state index contributed by atoms with van der Waals surface area (Å²) in [6.07, 6.45) is -0.219. The van der Waals surface area contributed by atoms with E-state index in [4.69, 9.17) is 0 Å². The molecule has 1 atom stereocenters. The number of carbonyl (C=O) groups excluding carboxylic acids is 1. The molecule has 1 aromatic carbocycles. The van der Waals surface area contributed by atoms with Crippen molar-refractivity contribution in [2.75, 3.05) is 5.32 Å². The number of halogens is 3. The predicted molar refractivity (Wildman–Crippen MR) is 87.1 cm³/mol. The van der Waals surface area contributed by atoms with Crippen LogP contribution in [0.2, 0.25) is 0 Å². The molecular weight excluding hydrogens is 335 g/mol. The second kappa shape index (κ2) is 5.87. The van der Waals surface area contributed by atoms with Crippen molar-refractivity contribution in [3.63, 3.8) is 0 Å². The SMILES string of the molecule is CC(C)(O)CC(=O)Nc1nc2ccc(C(F)(F)F)cc2n1C1C=CC1. The van der Waals surface area contributed by atoms with Crippen LogP contribution < -0.4 is 5.32 Å². The van der Waals surface area contributed by atoms with Crippen LogP contribution in [-0.4, -0.2) is 26.2 Å². The number of rotatable bonds is 4. The topological polar surface area (TPSA) is 67.2 Å². The Kier molecular flexibility index (Phi) is 4.10. The van der Waals surface area contributed by atoms with Gasteiger partial charge in [-0.05, 0) is 38.5 Å². The molecule has 0 bridgehead atoms. The lowest BCUT2D eigenvalue weighted by Gasteiger charge is -2.23. The van der Waals surface area contributed by atoms with Crippen LogP contribution in [0.1, 0.15) is 38.3 Å². The lowest BCUT2D eigenvalue weighted by atomic mass is 10.0. The summed E-state index contributed by atoms with van der Waals surface area (Å²) in [7, 11) is 0. The Hall–Kier alpha value is -2.35. The van der Waals surface area contributed by atoms with E-state index in [1.54, 1.807) is 4.57 Å². The summed E-state index contributed by atoms with van der Waals surface area (Å²) in [6.45, 7) is 3.00. The summed E-state index contributed by atoms with van der Waals surface area (Å²) in [5, 5.41) is 12.3. The van der Waals surface area contributed by atoms with Gasteiger partial charge in [0.05, 0.1) is 34.7 Å². The van der Waals surface area contributed by atoms with E-state index in [1.165, 1.54) is 19.9 Å². The van der Waals surface area contributed by atoms with Gasteiger partial charge in [-0.1, -0.05) is 12.2 Å². The largest absolute Gasteiger partial charge is 0.416 e. The number of hydrogen-bond donors (Lipinski definition) is 2. The maximum absolute atomic E-state index is 13.0. The Morgan fingerprint density at radius 1 is 1.40 bits per heavy atom. The number of anilines is 1. The molecule has 2 aromatic rings. The maximum Gasteiger partial charge on any atom is 0.416 e. The number of aliphatic hydroxyl groups is 1. The number of hydrogen-bond acceptors (Lipinski definition) is 3. The van der Waals surface area contributed by atoms with Gasteiger partial charge < -0.3 is 9.67 Å². The molecular formula is C17H18F3N3O2. The molecule has 0 radical (unpaired) electrons. The summed E-state index contributed by atoms with van der Waals surface area (Å²) >= 11 is 0. The number of imidazole rings is 1. The Morgan fingerprint density at radius 2 is 2.08 bits per heavy atom. The van der Waals surface area contributed by atoms with Gasteiger partial charge in [0.1, 0.15) is 0 Å². The molecule has 1 aliphatic carbocycles. The van der Waals surface area contributed by atoms with Crippen molar-refractivity contribution in [1.82, 2.24) is 9.55 Å². The molecule has 134 valence electrons. The van der Waals surface area contributed by atoms with Gasteiger partial charge >= 0.3 is 6.18 Å². The van der Waals surface area contributed by atoms with E-state index in [9.17, 15) is 23.1 Å². The molecule has 0 spiro atoms. The zero-order valence-corrected chi connectivity index (χ0v) is 13.8. The highest BCUT2D eigenvalue weighted by Crippen LogP contribution is 2.36. The molecule has 1 heterocycles. The first-order chi connectivity index (χ1) is 11.5. The molecule has 0 fully saturated rings. The number of nitrogens with one attached hydrogen (secondary N) is 1. The fourth-order valence-electron chi connectivity index (χ4n) is 2.70.